The molecule has 0 bridgehead atoms. The van der Waals surface area contributed by atoms with Crippen molar-refractivity contribution in [3.8, 4) is 17.2 Å². The minimum absolute atomic E-state index is 0.0210. The molecule has 1 heterocycles. The molecule has 0 spiro atoms. The number of alkyl halides is 1. The van der Waals surface area contributed by atoms with E-state index < -0.39 is 0 Å². The fourth-order valence-corrected chi connectivity index (χ4v) is 2.99. The lowest BCUT2D eigenvalue weighted by Crippen LogP contribution is -2.38. The summed E-state index contributed by atoms with van der Waals surface area (Å²) in [4.78, 5) is 14.5. The first-order valence-electron chi connectivity index (χ1n) is 7.29. The number of benzene rings is 1. The minimum atomic E-state index is -0.0210. The van der Waals surface area contributed by atoms with Gasteiger partial charge < -0.3 is 19.1 Å². The number of piperidine rings is 1. The van der Waals surface area contributed by atoms with Crippen LogP contribution in [0.3, 0.4) is 0 Å². The second-order valence-electron chi connectivity index (χ2n) is 5.30. The molecular weight excluding hydrogens is 306 g/mol. The molecule has 0 radical (unpaired) electrons. The van der Waals surface area contributed by atoms with Crippen LogP contribution < -0.4 is 14.2 Å². The number of carbonyl (C=O) groups is 1. The molecule has 1 saturated heterocycles. The minimum Gasteiger partial charge on any atom is -0.493 e. The second kappa shape index (κ2) is 7.58. The Morgan fingerprint density at radius 2 is 1.68 bits per heavy atom. The third-order valence-electron chi connectivity index (χ3n) is 4.03. The summed E-state index contributed by atoms with van der Waals surface area (Å²) in [5, 5.41) is 0. The van der Waals surface area contributed by atoms with Crippen LogP contribution in [0.25, 0.3) is 0 Å². The van der Waals surface area contributed by atoms with Crippen LogP contribution in [-0.2, 0) is 0 Å². The van der Waals surface area contributed by atoms with Crippen molar-refractivity contribution in [2.45, 2.75) is 12.8 Å². The van der Waals surface area contributed by atoms with Crippen molar-refractivity contribution in [3.05, 3.63) is 17.7 Å². The molecule has 0 N–H and O–H groups in total. The Bertz CT molecular complexity index is 502. The summed E-state index contributed by atoms with van der Waals surface area (Å²) in [5.74, 6) is 2.61. The standard InChI is InChI=1S/C16H22ClNO4/c1-20-13-8-12(9-14(21-2)15(13)22-3)16(19)18-6-4-11(10-17)5-7-18/h8-9,11H,4-7,10H2,1-3H3. The maximum Gasteiger partial charge on any atom is 0.254 e. The molecule has 0 aromatic heterocycles. The van der Waals surface area contributed by atoms with E-state index >= 15 is 0 Å². The summed E-state index contributed by atoms with van der Waals surface area (Å²) in [6.07, 6.45) is 1.89. The van der Waals surface area contributed by atoms with E-state index in [4.69, 9.17) is 25.8 Å². The van der Waals surface area contributed by atoms with Crippen molar-refractivity contribution in [1.29, 1.82) is 0 Å². The highest BCUT2D eigenvalue weighted by Crippen LogP contribution is 2.38. The number of carbonyl (C=O) groups excluding carboxylic acids is 1. The molecule has 2 rings (SSSR count). The summed E-state index contributed by atoms with van der Waals surface area (Å²) >= 11 is 5.89. The molecule has 122 valence electrons. The number of hydrogen-bond acceptors (Lipinski definition) is 4. The van der Waals surface area contributed by atoms with Gasteiger partial charge in [0, 0.05) is 24.5 Å². The molecule has 0 saturated carbocycles. The van der Waals surface area contributed by atoms with Crippen LogP contribution in [0.4, 0.5) is 0 Å². The molecule has 1 aromatic rings. The van der Waals surface area contributed by atoms with Gasteiger partial charge in [0.1, 0.15) is 0 Å². The van der Waals surface area contributed by atoms with Crippen molar-refractivity contribution >= 4 is 17.5 Å². The van der Waals surface area contributed by atoms with E-state index in [-0.39, 0.29) is 5.91 Å². The van der Waals surface area contributed by atoms with Crippen LogP contribution >= 0.6 is 11.6 Å². The third kappa shape index (κ3) is 3.40. The molecule has 0 atom stereocenters. The largest absolute Gasteiger partial charge is 0.493 e. The van der Waals surface area contributed by atoms with Gasteiger partial charge in [0.2, 0.25) is 5.75 Å². The highest BCUT2D eigenvalue weighted by atomic mass is 35.5. The Morgan fingerprint density at radius 1 is 1.14 bits per heavy atom. The maximum atomic E-state index is 12.7. The van der Waals surface area contributed by atoms with Crippen LogP contribution in [0.2, 0.25) is 0 Å². The lowest BCUT2D eigenvalue weighted by molar-refractivity contribution is 0.0697. The highest BCUT2D eigenvalue weighted by Gasteiger charge is 2.25. The van der Waals surface area contributed by atoms with Gasteiger partial charge in [-0.05, 0) is 30.9 Å². The molecule has 5 nitrogen and oxygen atoms in total. The van der Waals surface area contributed by atoms with Crippen LogP contribution in [-0.4, -0.2) is 51.1 Å². The number of nitrogens with zero attached hydrogens (tertiary/aromatic N) is 1. The number of hydrogen-bond donors (Lipinski definition) is 0. The van der Waals surface area contributed by atoms with Gasteiger partial charge >= 0.3 is 0 Å². The number of amides is 1. The number of ether oxygens (including phenoxy) is 3. The topological polar surface area (TPSA) is 48.0 Å². The normalized spacial score (nSPS) is 15.5. The van der Waals surface area contributed by atoms with E-state index in [9.17, 15) is 4.79 Å². The quantitative estimate of drug-likeness (QED) is 0.780. The smallest absolute Gasteiger partial charge is 0.254 e. The first kappa shape index (κ1) is 16.7. The molecule has 1 aliphatic heterocycles. The predicted octanol–water partition coefficient (Wildman–Crippen LogP) is 2.80. The van der Waals surface area contributed by atoms with Crippen molar-refractivity contribution in [2.75, 3.05) is 40.3 Å². The first-order valence-corrected chi connectivity index (χ1v) is 7.83. The maximum absolute atomic E-state index is 12.7. The summed E-state index contributed by atoms with van der Waals surface area (Å²) < 4.78 is 15.9. The molecule has 1 fully saturated rings. The van der Waals surface area contributed by atoms with Gasteiger partial charge in [-0.3, -0.25) is 4.79 Å². The molecule has 6 heteroatoms. The average Bonchev–Trinajstić information content (AvgIpc) is 2.59. The Kier molecular flexibility index (Phi) is 5.77. The molecule has 1 aliphatic rings. The van der Waals surface area contributed by atoms with Crippen molar-refractivity contribution in [3.63, 3.8) is 0 Å². The fourth-order valence-electron chi connectivity index (χ4n) is 2.68. The van der Waals surface area contributed by atoms with Gasteiger partial charge in [-0.2, -0.15) is 0 Å². The average molecular weight is 328 g/mol. The van der Waals surface area contributed by atoms with Crippen LogP contribution in [0.15, 0.2) is 12.1 Å². The van der Waals surface area contributed by atoms with Gasteiger partial charge in [0.15, 0.2) is 11.5 Å². The Hall–Kier alpha value is -1.62. The number of likely N-dealkylation sites (tertiary alicyclic amines) is 1. The lowest BCUT2D eigenvalue weighted by atomic mass is 9.98. The Balaban J connectivity index is 2.23. The lowest BCUT2D eigenvalue weighted by Gasteiger charge is -2.31. The molecule has 1 amide bonds. The first-order chi connectivity index (χ1) is 10.6. The van der Waals surface area contributed by atoms with Crippen molar-refractivity contribution in [2.24, 2.45) is 5.92 Å². The monoisotopic (exact) mass is 327 g/mol. The molecule has 0 aliphatic carbocycles. The summed E-state index contributed by atoms with van der Waals surface area (Å²) in [6.45, 7) is 1.46. The van der Waals surface area contributed by atoms with Crippen molar-refractivity contribution < 1.29 is 19.0 Å². The number of halogens is 1. The second-order valence-corrected chi connectivity index (χ2v) is 5.61. The summed E-state index contributed by atoms with van der Waals surface area (Å²) in [5.41, 5.74) is 0.541. The molecule has 0 unspecified atom stereocenters. The summed E-state index contributed by atoms with van der Waals surface area (Å²) in [6, 6.07) is 3.38. The summed E-state index contributed by atoms with van der Waals surface area (Å²) in [7, 11) is 4.62. The predicted molar refractivity (Wildman–Crippen MR) is 85.4 cm³/mol. The Morgan fingerprint density at radius 3 is 2.09 bits per heavy atom. The van der Waals surface area contributed by atoms with E-state index in [0.717, 1.165) is 25.9 Å². The van der Waals surface area contributed by atoms with Gasteiger partial charge in [-0.25, -0.2) is 0 Å². The van der Waals surface area contributed by atoms with E-state index in [2.05, 4.69) is 0 Å². The number of methoxy groups -OCH3 is 3. The van der Waals surface area contributed by atoms with Gasteiger partial charge in [-0.1, -0.05) is 0 Å². The number of rotatable bonds is 5. The van der Waals surface area contributed by atoms with E-state index in [0.29, 0.717) is 34.6 Å². The van der Waals surface area contributed by atoms with Crippen LogP contribution in [0, 0.1) is 5.92 Å². The third-order valence-corrected chi connectivity index (χ3v) is 4.47. The van der Waals surface area contributed by atoms with Gasteiger partial charge in [0.05, 0.1) is 21.3 Å². The zero-order valence-electron chi connectivity index (χ0n) is 13.2. The van der Waals surface area contributed by atoms with E-state index in [1.165, 1.54) is 14.2 Å². The fraction of sp³-hybridized carbons (Fsp3) is 0.562. The SMILES string of the molecule is COc1cc(C(=O)N2CCC(CCl)CC2)cc(OC)c1OC. The van der Waals surface area contributed by atoms with Gasteiger partial charge in [0.25, 0.3) is 5.91 Å². The zero-order chi connectivity index (χ0) is 16.1. The van der Waals surface area contributed by atoms with Gasteiger partial charge in [-0.15, -0.1) is 11.6 Å². The molecular formula is C16H22ClNO4. The van der Waals surface area contributed by atoms with Crippen LogP contribution in [0.5, 0.6) is 17.2 Å². The van der Waals surface area contributed by atoms with E-state index in [1.54, 1.807) is 19.2 Å². The van der Waals surface area contributed by atoms with Crippen molar-refractivity contribution in [1.82, 2.24) is 4.90 Å². The highest BCUT2D eigenvalue weighted by molar-refractivity contribution is 6.18. The molecule has 22 heavy (non-hydrogen) atoms. The Labute approximate surface area is 136 Å². The van der Waals surface area contributed by atoms with E-state index in [1.807, 2.05) is 4.90 Å². The zero-order valence-corrected chi connectivity index (χ0v) is 14.0. The van der Waals surface area contributed by atoms with Crippen LogP contribution in [0.1, 0.15) is 23.2 Å². The molecule has 1 aromatic carbocycles.